The maximum atomic E-state index is 12.0. The van der Waals surface area contributed by atoms with E-state index in [-0.39, 0.29) is 18.4 Å². The van der Waals surface area contributed by atoms with Gasteiger partial charge in [0.25, 0.3) is 5.91 Å². The highest BCUT2D eigenvalue weighted by Crippen LogP contribution is 2.14. The second-order valence-corrected chi connectivity index (χ2v) is 8.21. The first-order valence-electron chi connectivity index (χ1n) is 12.7. The van der Waals surface area contributed by atoms with Crippen LogP contribution in [-0.4, -0.2) is 87.1 Å². The van der Waals surface area contributed by atoms with E-state index in [2.05, 4.69) is 41.0 Å². The number of carbonyl (C=O) groups is 2. The van der Waals surface area contributed by atoms with Gasteiger partial charge in [0.05, 0.1) is 40.6 Å². The lowest BCUT2D eigenvalue weighted by atomic mass is 10.2. The average Bonchev–Trinajstić information content (AvgIpc) is 3.00. The Morgan fingerprint density at radius 3 is 2.00 bits per heavy atom. The molecule has 0 radical (unpaired) electrons. The van der Waals surface area contributed by atoms with Gasteiger partial charge in [-0.05, 0) is 29.8 Å². The third-order valence-corrected chi connectivity index (χ3v) is 5.33. The van der Waals surface area contributed by atoms with Crippen LogP contribution in [-0.2, 0) is 25.5 Å². The number of benzene rings is 2. The quantitative estimate of drug-likeness (QED) is 0.134. The Kier molecular flexibility index (Phi) is 12.9. The molecule has 40 heavy (non-hydrogen) atoms. The van der Waals surface area contributed by atoms with Crippen LogP contribution in [0.25, 0.3) is 0 Å². The average molecular weight is 554 g/mol. The lowest BCUT2D eigenvalue weighted by Gasteiger charge is -2.12. The number of nitrogens with zero attached hydrogens (tertiary/aromatic N) is 3. The van der Waals surface area contributed by atoms with Crippen molar-refractivity contribution >= 4 is 29.7 Å². The molecule has 3 rings (SSSR count). The van der Waals surface area contributed by atoms with Gasteiger partial charge in [0.2, 0.25) is 17.8 Å². The molecule has 13 nitrogen and oxygen atoms in total. The lowest BCUT2D eigenvalue weighted by molar-refractivity contribution is -0.138. The van der Waals surface area contributed by atoms with Gasteiger partial charge in [-0.1, -0.05) is 30.3 Å². The molecule has 0 saturated carbocycles. The SMILES string of the molecule is COC(=O)CNc1nc(NCCOCCOCCNC(=O)c2ccccc2)nc(NCc2ccc(OC)cc2)n1. The fourth-order valence-corrected chi connectivity index (χ4v) is 3.25. The molecule has 0 spiro atoms. The largest absolute Gasteiger partial charge is 0.497 e. The smallest absolute Gasteiger partial charge is 0.325 e. The van der Waals surface area contributed by atoms with Gasteiger partial charge in [0, 0.05) is 25.2 Å². The number of carbonyl (C=O) groups excluding carboxylic acids is 2. The summed E-state index contributed by atoms with van der Waals surface area (Å²) in [6.45, 7) is 2.80. The number of esters is 1. The van der Waals surface area contributed by atoms with E-state index >= 15 is 0 Å². The third-order valence-electron chi connectivity index (χ3n) is 5.33. The molecule has 0 bridgehead atoms. The van der Waals surface area contributed by atoms with Gasteiger partial charge in [-0.2, -0.15) is 15.0 Å². The Morgan fingerprint density at radius 1 is 0.725 bits per heavy atom. The van der Waals surface area contributed by atoms with E-state index in [1.807, 2.05) is 42.5 Å². The molecule has 13 heteroatoms. The maximum absolute atomic E-state index is 12.0. The molecule has 214 valence electrons. The van der Waals surface area contributed by atoms with Crippen LogP contribution in [0.5, 0.6) is 5.75 Å². The molecule has 1 heterocycles. The maximum Gasteiger partial charge on any atom is 0.325 e. The summed E-state index contributed by atoms with van der Waals surface area (Å²) < 4.78 is 20.9. The first-order valence-corrected chi connectivity index (χ1v) is 12.7. The Bertz CT molecular complexity index is 1180. The summed E-state index contributed by atoms with van der Waals surface area (Å²) in [4.78, 5) is 36.5. The van der Waals surface area contributed by atoms with Crippen molar-refractivity contribution in [2.24, 2.45) is 0 Å². The van der Waals surface area contributed by atoms with E-state index in [9.17, 15) is 9.59 Å². The number of amides is 1. The Morgan fingerprint density at radius 2 is 1.35 bits per heavy atom. The molecule has 0 unspecified atom stereocenters. The van der Waals surface area contributed by atoms with Crippen molar-refractivity contribution in [2.75, 3.05) is 76.2 Å². The molecule has 0 fully saturated rings. The molecule has 1 aromatic heterocycles. The highest BCUT2D eigenvalue weighted by Gasteiger charge is 2.09. The van der Waals surface area contributed by atoms with Crippen molar-refractivity contribution in [1.29, 1.82) is 0 Å². The standard InChI is InChI=1S/C27H35N7O6/c1-37-22-10-8-20(9-11-22)18-30-26-32-25(33-27(34-26)31-19-23(35)38-2)29-13-15-40-17-16-39-14-12-28-24(36)21-6-4-3-5-7-21/h3-11H,12-19H2,1-2H3,(H,28,36)(H3,29,30,31,32,33,34). The number of ether oxygens (including phenoxy) is 4. The molecule has 0 aliphatic rings. The van der Waals surface area contributed by atoms with Crippen LogP contribution in [0.15, 0.2) is 54.6 Å². The van der Waals surface area contributed by atoms with Crippen LogP contribution < -0.4 is 26.0 Å². The van der Waals surface area contributed by atoms with Crippen LogP contribution in [0.1, 0.15) is 15.9 Å². The fraction of sp³-hybridized carbons (Fsp3) is 0.370. The second-order valence-electron chi connectivity index (χ2n) is 8.21. The third kappa shape index (κ3) is 11.1. The Balaban J connectivity index is 1.37. The Hall–Kier alpha value is -4.49. The van der Waals surface area contributed by atoms with Gasteiger partial charge in [-0.15, -0.1) is 0 Å². The van der Waals surface area contributed by atoms with Crippen LogP contribution in [0.3, 0.4) is 0 Å². The zero-order valence-corrected chi connectivity index (χ0v) is 22.6. The number of hydrogen-bond acceptors (Lipinski definition) is 12. The minimum absolute atomic E-state index is 0.0864. The van der Waals surface area contributed by atoms with E-state index in [1.54, 1.807) is 19.2 Å². The molecular weight excluding hydrogens is 518 g/mol. The monoisotopic (exact) mass is 553 g/mol. The minimum atomic E-state index is -0.447. The normalized spacial score (nSPS) is 10.4. The van der Waals surface area contributed by atoms with Crippen LogP contribution in [0.2, 0.25) is 0 Å². The summed E-state index contributed by atoms with van der Waals surface area (Å²) >= 11 is 0. The van der Waals surface area contributed by atoms with Gasteiger partial charge >= 0.3 is 5.97 Å². The zero-order chi connectivity index (χ0) is 28.4. The van der Waals surface area contributed by atoms with E-state index in [0.29, 0.717) is 63.5 Å². The van der Waals surface area contributed by atoms with Crippen molar-refractivity contribution in [3.05, 3.63) is 65.7 Å². The minimum Gasteiger partial charge on any atom is -0.497 e. The molecule has 4 N–H and O–H groups in total. The first-order chi connectivity index (χ1) is 19.6. The molecule has 3 aromatic rings. The first kappa shape index (κ1) is 30.1. The van der Waals surface area contributed by atoms with E-state index in [0.717, 1.165) is 11.3 Å². The summed E-state index contributed by atoms with van der Waals surface area (Å²) in [7, 11) is 2.92. The molecule has 0 atom stereocenters. The zero-order valence-electron chi connectivity index (χ0n) is 22.6. The number of aromatic nitrogens is 3. The van der Waals surface area contributed by atoms with Crippen LogP contribution >= 0.6 is 0 Å². The number of methoxy groups -OCH3 is 2. The number of nitrogens with one attached hydrogen (secondary N) is 4. The topological polar surface area (TPSA) is 158 Å². The van der Waals surface area contributed by atoms with Gasteiger partial charge in [-0.25, -0.2) is 0 Å². The lowest BCUT2D eigenvalue weighted by Crippen LogP contribution is -2.27. The van der Waals surface area contributed by atoms with Gasteiger partial charge in [0.15, 0.2) is 0 Å². The second kappa shape index (κ2) is 17.2. The highest BCUT2D eigenvalue weighted by molar-refractivity contribution is 5.94. The van der Waals surface area contributed by atoms with E-state index in [1.165, 1.54) is 7.11 Å². The molecular formula is C27H35N7O6. The summed E-state index contributed by atoms with van der Waals surface area (Å²) in [5, 5.41) is 11.9. The predicted molar refractivity (Wildman–Crippen MR) is 150 cm³/mol. The highest BCUT2D eigenvalue weighted by atomic mass is 16.5. The summed E-state index contributed by atoms with van der Waals surface area (Å²) in [5.74, 6) is 1.05. The fourth-order valence-electron chi connectivity index (χ4n) is 3.25. The van der Waals surface area contributed by atoms with Crippen molar-refractivity contribution in [3.8, 4) is 5.75 Å². The summed E-state index contributed by atoms with van der Waals surface area (Å²) in [6.07, 6.45) is 0. The molecule has 1 amide bonds. The van der Waals surface area contributed by atoms with Crippen molar-refractivity contribution in [1.82, 2.24) is 20.3 Å². The van der Waals surface area contributed by atoms with Gasteiger partial charge in [-0.3, -0.25) is 9.59 Å². The van der Waals surface area contributed by atoms with Crippen LogP contribution in [0, 0.1) is 0 Å². The van der Waals surface area contributed by atoms with Crippen LogP contribution in [0.4, 0.5) is 17.8 Å². The number of anilines is 3. The summed E-state index contributed by atoms with van der Waals surface area (Å²) in [6, 6.07) is 16.6. The van der Waals surface area contributed by atoms with Gasteiger partial charge < -0.3 is 40.2 Å². The number of rotatable bonds is 18. The molecule has 0 saturated heterocycles. The van der Waals surface area contributed by atoms with Crippen molar-refractivity contribution in [2.45, 2.75) is 6.54 Å². The van der Waals surface area contributed by atoms with E-state index in [4.69, 9.17) is 14.2 Å². The Labute approximate surface area is 233 Å². The van der Waals surface area contributed by atoms with Gasteiger partial charge in [0.1, 0.15) is 12.3 Å². The predicted octanol–water partition coefficient (Wildman–Crippen LogP) is 1.95. The number of hydrogen-bond donors (Lipinski definition) is 4. The molecule has 2 aromatic carbocycles. The molecule has 0 aliphatic heterocycles. The van der Waals surface area contributed by atoms with E-state index < -0.39 is 5.97 Å². The van der Waals surface area contributed by atoms with Crippen molar-refractivity contribution in [3.63, 3.8) is 0 Å². The summed E-state index contributed by atoms with van der Waals surface area (Å²) in [5.41, 5.74) is 1.62. The van der Waals surface area contributed by atoms with Crippen molar-refractivity contribution < 1.29 is 28.5 Å². The molecule has 0 aliphatic carbocycles.